The second kappa shape index (κ2) is 5.99. The summed E-state index contributed by atoms with van der Waals surface area (Å²) >= 11 is 1.16. The van der Waals surface area contributed by atoms with Gasteiger partial charge in [0.25, 0.3) is 5.56 Å². The molecule has 4 rings (SSSR count). The van der Waals surface area contributed by atoms with Gasteiger partial charge in [-0.2, -0.15) is 0 Å². The number of fused-ring (bicyclic) bond motifs is 1. The average Bonchev–Trinajstić information content (AvgIpc) is 3.37. The molecule has 8 nitrogen and oxygen atoms in total. The summed E-state index contributed by atoms with van der Waals surface area (Å²) in [7, 11) is 1.52. The number of nitrogens with zero attached hydrogens (tertiary/aromatic N) is 3. The Hall–Kier alpha value is -2.68. The molecule has 1 aliphatic rings. The number of rotatable bonds is 5. The molecule has 25 heavy (non-hydrogen) atoms. The Bertz CT molecular complexity index is 1090. The van der Waals surface area contributed by atoms with Crippen LogP contribution in [-0.2, 0) is 7.05 Å². The molecule has 0 saturated heterocycles. The van der Waals surface area contributed by atoms with Gasteiger partial charge in [-0.05, 0) is 30.2 Å². The molecule has 2 heterocycles. The Morgan fingerprint density at radius 2 is 2.16 bits per heavy atom. The van der Waals surface area contributed by atoms with E-state index in [4.69, 9.17) is 0 Å². The molecule has 9 heteroatoms. The van der Waals surface area contributed by atoms with Gasteiger partial charge in [-0.1, -0.05) is 28.6 Å². The van der Waals surface area contributed by atoms with E-state index in [1.165, 1.54) is 11.7 Å². The molecule has 0 bridgehead atoms. The topological polar surface area (TPSA) is 102 Å². The third kappa shape index (κ3) is 2.80. The Morgan fingerprint density at radius 1 is 1.40 bits per heavy atom. The van der Waals surface area contributed by atoms with Gasteiger partial charge in [-0.3, -0.25) is 18.7 Å². The zero-order chi connectivity index (χ0) is 17.6. The zero-order valence-electron chi connectivity index (χ0n) is 13.4. The lowest BCUT2D eigenvalue weighted by molar-refractivity contribution is -0.741. The van der Waals surface area contributed by atoms with Crippen molar-refractivity contribution in [2.45, 2.75) is 24.0 Å². The van der Waals surface area contributed by atoms with Gasteiger partial charge in [0, 0.05) is 6.04 Å². The molecule has 1 saturated carbocycles. The number of aryl methyl sites for hydroxylation is 1. The number of aromatic nitrogens is 4. The number of hydrogen-bond acceptors (Lipinski definition) is 6. The first-order chi connectivity index (χ1) is 12.1. The lowest BCUT2D eigenvalue weighted by Crippen LogP contribution is -2.39. The highest BCUT2D eigenvalue weighted by atomic mass is 32.2. The Morgan fingerprint density at radius 3 is 2.84 bits per heavy atom. The van der Waals surface area contributed by atoms with Crippen LogP contribution in [0.4, 0.5) is 0 Å². The molecule has 3 aromatic rings. The van der Waals surface area contributed by atoms with Crippen molar-refractivity contribution in [2.75, 3.05) is 5.75 Å². The van der Waals surface area contributed by atoms with Crippen LogP contribution in [0.5, 0.6) is 0 Å². The van der Waals surface area contributed by atoms with Gasteiger partial charge in [-0.25, -0.2) is 9.78 Å². The van der Waals surface area contributed by atoms with Crippen LogP contribution in [0.25, 0.3) is 10.9 Å². The molecule has 2 aromatic heterocycles. The lowest BCUT2D eigenvalue weighted by Gasteiger charge is -2.11. The molecule has 0 aliphatic heterocycles. The van der Waals surface area contributed by atoms with Gasteiger partial charge in [0.05, 0.1) is 16.7 Å². The van der Waals surface area contributed by atoms with Crippen LogP contribution in [0.15, 0.2) is 43.5 Å². The van der Waals surface area contributed by atoms with Crippen LogP contribution in [0.1, 0.15) is 29.4 Å². The van der Waals surface area contributed by atoms with E-state index < -0.39 is 5.63 Å². The number of aromatic amines is 1. The van der Waals surface area contributed by atoms with Crippen LogP contribution in [0, 0.1) is 0 Å². The first kappa shape index (κ1) is 15.8. The molecule has 0 unspecified atom stereocenters. The largest absolute Gasteiger partial charge is 0.438 e. The predicted molar refractivity (Wildman–Crippen MR) is 89.8 cm³/mol. The number of thioether (sulfide) groups is 1. The number of Topliss-reactive ketones (excluding diaryl/α,β-unsaturated/α-hetero) is 1. The normalized spacial score (nSPS) is 14.1. The molecule has 0 spiro atoms. The minimum Gasteiger partial charge on any atom is -0.286 e. The number of para-hydroxylation sites is 1. The van der Waals surface area contributed by atoms with E-state index in [1.54, 1.807) is 16.7 Å². The summed E-state index contributed by atoms with van der Waals surface area (Å²) in [6.07, 6.45) is 1.86. The Kier molecular flexibility index (Phi) is 3.79. The quantitative estimate of drug-likeness (QED) is 0.313. The molecule has 128 valence electrons. The van der Waals surface area contributed by atoms with E-state index in [0.717, 1.165) is 24.6 Å². The maximum atomic E-state index is 12.8. The van der Waals surface area contributed by atoms with E-state index >= 15 is 0 Å². The number of nitrogens with one attached hydrogen (secondary N) is 1. The number of carbonyl (C=O) groups excluding carboxylic acids is 1. The van der Waals surface area contributed by atoms with Crippen molar-refractivity contribution < 1.29 is 14.0 Å². The molecular formula is C16H15N4O4S+. The van der Waals surface area contributed by atoms with Crippen molar-refractivity contribution in [1.29, 1.82) is 0 Å². The maximum Gasteiger partial charge on any atom is 0.438 e. The van der Waals surface area contributed by atoms with Crippen molar-refractivity contribution in [2.24, 2.45) is 7.05 Å². The van der Waals surface area contributed by atoms with Crippen molar-refractivity contribution in [3.8, 4) is 0 Å². The molecular weight excluding hydrogens is 344 g/mol. The molecule has 1 aromatic carbocycles. The average molecular weight is 359 g/mol. The fraction of sp³-hybridized carbons (Fsp3) is 0.312. The SMILES string of the molecule is C[n+]1[nH]oc(=O)c1C(=O)CSc1nc2ccccc2c(=O)n1C1CC1. The van der Waals surface area contributed by atoms with Crippen molar-refractivity contribution in [3.05, 3.63) is 50.7 Å². The molecule has 0 atom stereocenters. The first-order valence-electron chi connectivity index (χ1n) is 7.81. The monoisotopic (exact) mass is 359 g/mol. The fourth-order valence-electron chi connectivity index (χ4n) is 2.72. The van der Waals surface area contributed by atoms with Gasteiger partial charge in [0.15, 0.2) is 12.2 Å². The second-order valence-electron chi connectivity index (χ2n) is 5.92. The van der Waals surface area contributed by atoms with Gasteiger partial charge >= 0.3 is 11.3 Å². The van der Waals surface area contributed by atoms with Gasteiger partial charge in [0.1, 0.15) is 0 Å². The molecule has 0 radical (unpaired) electrons. The van der Waals surface area contributed by atoms with Crippen molar-refractivity contribution in [3.63, 3.8) is 0 Å². The van der Waals surface area contributed by atoms with Crippen LogP contribution >= 0.6 is 11.8 Å². The third-order valence-corrected chi connectivity index (χ3v) is 5.04. The summed E-state index contributed by atoms with van der Waals surface area (Å²) < 4.78 is 7.51. The molecule has 1 N–H and O–H groups in total. The predicted octanol–water partition coefficient (Wildman–Crippen LogP) is 0.812. The van der Waals surface area contributed by atoms with E-state index in [-0.39, 0.29) is 28.8 Å². The number of carbonyl (C=O) groups is 1. The van der Waals surface area contributed by atoms with Gasteiger partial charge in [0.2, 0.25) is 5.78 Å². The minimum absolute atomic E-state index is 0.00600. The van der Waals surface area contributed by atoms with Crippen molar-refractivity contribution >= 4 is 28.4 Å². The Labute approximate surface area is 145 Å². The number of ketones is 1. The standard InChI is InChI=1S/C16H14N4O4S/c1-19-13(15(23)24-18-19)12(21)8-25-16-17-11-5-3-2-4-10(11)14(22)20(16)9-6-7-9/h2-5,9H,6-8H2,1H3/p+1. The Balaban J connectivity index is 1.69. The summed E-state index contributed by atoms with van der Waals surface area (Å²) in [6.45, 7) is 0. The summed E-state index contributed by atoms with van der Waals surface area (Å²) in [4.78, 5) is 41.2. The van der Waals surface area contributed by atoms with E-state index in [0.29, 0.717) is 16.1 Å². The van der Waals surface area contributed by atoms with Crippen LogP contribution in [-0.4, -0.2) is 26.4 Å². The molecule has 1 fully saturated rings. The lowest BCUT2D eigenvalue weighted by atomic mass is 10.2. The number of hydrogen-bond donors (Lipinski definition) is 1. The summed E-state index contributed by atoms with van der Waals surface area (Å²) in [5.41, 5.74) is -0.256. The fourth-order valence-corrected chi connectivity index (χ4v) is 3.65. The first-order valence-corrected chi connectivity index (χ1v) is 8.79. The van der Waals surface area contributed by atoms with Crippen LogP contribution in [0.2, 0.25) is 0 Å². The maximum absolute atomic E-state index is 12.8. The van der Waals surface area contributed by atoms with Crippen LogP contribution < -0.4 is 15.9 Å². The van der Waals surface area contributed by atoms with Crippen LogP contribution in [0.3, 0.4) is 0 Å². The third-order valence-electron chi connectivity index (χ3n) is 4.09. The summed E-state index contributed by atoms with van der Waals surface area (Å²) in [6, 6.07) is 7.30. The highest BCUT2D eigenvalue weighted by Gasteiger charge is 2.30. The number of benzene rings is 1. The van der Waals surface area contributed by atoms with Gasteiger partial charge < -0.3 is 0 Å². The molecule has 1 aliphatic carbocycles. The van der Waals surface area contributed by atoms with E-state index in [2.05, 4.69) is 14.8 Å². The van der Waals surface area contributed by atoms with Gasteiger partial charge in [-0.15, -0.1) is 0 Å². The highest BCUT2D eigenvalue weighted by molar-refractivity contribution is 7.99. The van der Waals surface area contributed by atoms with E-state index in [9.17, 15) is 14.4 Å². The smallest absolute Gasteiger partial charge is 0.286 e. The summed E-state index contributed by atoms with van der Waals surface area (Å²) in [5.74, 6) is -0.388. The minimum atomic E-state index is -0.709. The second-order valence-corrected chi connectivity index (χ2v) is 6.86. The van der Waals surface area contributed by atoms with Crippen molar-refractivity contribution in [1.82, 2.24) is 14.8 Å². The summed E-state index contributed by atoms with van der Waals surface area (Å²) in [5, 5.41) is 3.39. The molecule has 0 amide bonds. The number of H-pyrrole nitrogens is 1. The van der Waals surface area contributed by atoms with E-state index in [1.807, 2.05) is 12.1 Å². The highest BCUT2D eigenvalue weighted by Crippen LogP contribution is 2.36. The zero-order valence-corrected chi connectivity index (χ0v) is 14.2.